The molecule has 0 unspecified atom stereocenters. The molecule has 0 aliphatic carbocycles. The van der Waals surface area contributed by atoms with Gasteiger partial charge in [0.1, 0.15) is 11.4 Å². The summed E-state index contributed by atoms with van der Waals surface area (Å²) in [6.07, 6.45) is 0. The van der Waals surface area contributed by atoms with Crippen molar-refractivity contribution < 1.29 is 9.74 Å². The van der Waals surface area contributed by atoms with Gasteiger partial charge in [-0.2, -0.15) is 0 Å². The van der Waals surface area contributed by atoms with Crippen molar-refractivity contribution in [3.05, 3.63) is 75.7 Å². The van der Waals surface area contributed by atoms with Gasteiger partial charge in [-0.3, -0.25) is 4.98 Å². The Hall–Kier alpha value is -4.38. The third-order valence-electron chi connectivity index (χ3n) is 5.31. The zero-order valence-electron chi connectivity index (χ0n) is 17.9. The van der Waals surface area contributed by atoms with Crippen LogP contribution < -0.4 is 11.4 Å². The number of hydrogen-bond donors (Lipinski definition) is 2. The Bertz CT molecular complexity index is 1540. The lowest BCUT2D eigenvalue weighted by Crippen LogP contribution is -2.24. The van der Waals surface area contributed by atoms with Crippen molar-refractivity contribution in [2.45, 2.75) is 27.0 Å². The molecule has 0 aliphatic heterocycles. The highest BCUT2D eigenvalue weighted by Gasteiger charge is 2.23. The maximum Gasteiger partial charge on any atom is 0.353 e. The lowest BCUT2D eigenvalue weighted by atomic mass is 9.99. The maximum atomic E-state index is 13.2. The number of nitrogens with two attached hydrogens (primary N) is 1. The van der Waals surface area contributed by atoms with Crippen LogP contribution in [0.3, 0.4) is 0 Å². The second-order valence-electron chi connectivity index (χ2n) is 7.60. The summed E-state index contributed by atoms with van der Waals surface area (Å²) in [4.78, 5) is 22.1. The number of aryl methyl sites for hydroxylation is 2. The van der Waals surface area contributed by atoms with Crippen LogP contribution in [-0.4, -0.2) is 39.6 Å². The van der Waals surface area contributed by atoms with Crippen LogP contribution in [0, 0.1) is 13.8 Å². The van der Waals surface area contributed by atoms with E-state index in [4.69, 9.17) is 10.4 Å². The first-order valence-corrected chi connectivity index (χ1v) is 10.2. The molecule has 0 aliphatic rings. The SMILES string of the molecule is Cc1cc(-c2c(-c3ccccc3)nc(N)n3c(=O)n(Cc4nonc4C)nc23)cc(CO)n1. The molecule has 3 N–H and O–H groups in total. The number of nitrogen functional groups attached to an aromatic ring is 1. The largest absolute Gasteiger partial charge is 0.390 e. The Labute approximate surface area is 187 Å². The lowest BCUT2D eigenvalue weighted by Gasteiger charge is -2.13. The van der Waals surface area contributed by atoms with Crippen LogP contribution in [0.2, 0.25) is 0 Å². The molecule has 33 heavy (non-hydrogen) atoms. The highest BCUT2D eigenvalue weighted by Crippen LogP contribution is 2.34. The monoisotopic (exact) mass is 444 g/mol. The van der Waals surface area contributed by atoms with Crippen molar-refractivity contribution in [3.63, 3.8) is 0 Å². The highest BCUT2D eigenvalue weighted by atomic mass is 16.6. The summed E-state index contributed by atoms with van der Waals surface area (Å²) >= 11 is 0. The molecule has 0 saturated carbocycles. The fraction of sp³-hybridized carbons (Fsp3) is 0.182. The van der Waals surface area contributed by atoms with Gasteiger partial charge < -0.3 is 10.8 Å². The van der Waals surface area contributed by atoms with Crippen molar-refractivity contribution in [3.8, 4) is 22.4 Å². The minimum absolute atomic E-state index is 0.00649. The fourth-order valence-corrected chi connectivity index (χ4v) is 3.77. The van der Waals surface area contributed by atoms with Gasteiger partial charge in [-0.15, -0.1) is 5.10 Å². The Morgan fingerprint density at radius 1 is 1.06 bits per heavy atom. The molecular formula is C22H20N8O3. The molecule has 11 nitrogen and oxygen atoms in total. The number of pyridine rings is 1. The first kappa shape index (κ1) is 20.5. The van der Waals surface area contributed by atoms with Crippen LogP contribution in [0.1, 0.15) is 22.8 Å². The smallest absolute Gasteiger partial charge is 0.353 e. The van der Waals surface area contributed by atoms with E-state index in [0.717, 1.165) is 5.56 Å². The van der Waals surface area contributed by atoms with E-state index < -0.39 is 5.69 Å². The second-order valence-corrected chi connectivity index (χ2v) is 7.60. The zero-order chi connectivity index (χ0) is 23.1. The number of rotatable bonds is 5. The second kappa shape index (κ2) is 7.95. The number of fused-ring (bicyclic) bond motifs is 1. The van der Waals surface area contributed by atoms with E-state index in [1.165, 1.54) is 9.08 Å². The number of aliphatic hydroxyl groups is 1. The molecule has 0 amide bonds. The Morgan fingerprint density at radius 2 is 1.85 bits per heavy atom. The first-order valence-electron chi connectivity index (χ1n) is 10.2. The predicted molar refractivity (Wildman–Crippen MR) is 119 cm³/mol. The van der Waals surface area contributed by atoms with E-state index in [1.54, 1.807) is 13.0 Å². The van der Waals surface area contributed by atoms with E-state index in [9.17, 15) is 9.90 Å². The molecule has 5 rings (SSSR count). The van der Waals surface area contributed by atoms with Gasteiger partial charge in [0, 0.05) is 11.3 Å². The molecule has 11 heteroatoms. The fourth-order valence-electron chi connectivity index (χ4n) is 3.77. The summed E-state index contributed by atoms with van der Waals surface area (Å²) < 4.78 is 7.26. The van der Waals surface area contributed by atoms with E-state index in [-0.39, 0.29) is 19.1 Å². The lowest BCUT2D eigenvalue weighted by molar-refractivity contribution is 0.276. The third kappa shape index (κ3) is 3.53. The van der Waals surface area contributed by atoms with Crippen molar-refractivity contribution in [1.29, 1.82) is 0 Å². The standard InChI is InChI=1S/C22H20N8O3/c1-12-8-15(9-16(11-31)24-12)18-19(14-6-4-3-5-7-14)25-21(23)30-20(18)26-29(22(30)32)10-17-13(2)27-33-28-17/h3-9,31H,10-11H2,1-2H3,(H2,23,25). The predicted octanol–water partition coefficient (Wildman–Crippen LogP) is 1.74. The molecule has 1 aromatic carbocycles. The van der Waals surface area contributed by atoms with Crippen molar-refractivity contribution in [2.24, 2.45) is 0 Å². The summed E-state index contributed by atoms with van der Waals surface area (Å²) in [5.41, 5.74) is 11.0. The Morgan fingerprint density at radius 3 is 2.55 bits per heavy atom. The van der Waals surface area contributed by atoms with Crippen molar-refractivity contribution in [1.82, 2.24) is 34.5 Å². The van der Waals surface area contributed by atoms with Gasteiger partial charge in [0.15, 0.2) is 5.65 Å². The molecule has 5 aromatic rings. The molecule has 0 fully saturated rings. The van der Waals surface area contributed by atoms with Gasteiger partial charge in [0.05, 0.1) is 30.1 Å². The van der Waals surface area contributed by atoms with E-state index in [1.807, 2.05) is 43.3 Å². The van der Waals surface area contributed by atoms with E-state index in [2.05, 4.69) is 25.4 Å². The quantitative estimate of drug-likeness (QED) is 0.413. The van der Waals surface area contributed by atoms with Gasteiger partial charge in [0.25, 0.3) is 0 Å². The van der Waals surface area contributed by atoms with Crippen LogP contribution in [0.4, 0.5) is 5.95 Å². The number of aromatic nitrogens is 7. The van der Waals surface area contributed by atoms with Gasteiger partial charge in [-0.1, -0.05) is 40.6 Å². The number of nitrogens with zero attached hydrogens (tertiary/aromatic N) is 7. The van der Waals surface area contributed by atoms with Crippen molar-refractivity contribution >= 4 is 11.6 Å². The van der Waals surface area contributed by atoms with Crippen LogP contribution >= 0.6 is 0 Å². The first-order chi connectivity index (χ1) is 16.0. The molecule has 0 spiro atoms. The van der Waals surface area contributed by atoms with Gasteiger partial charge in [-0.05, 0) is 31.5 Å². The summed E-state index contributed by atoms with van der Waals surface area (Å²) in [7, 11) is 0. The van der Waals surface area contributed by atoms with Crippen LogP contribution in [-0.2, 0) is 13.2 Å². The van der Waals surface area contributed by atoms with Crippen LogP contribution in [0.25, 0.3) is 28.0 Å². The Kier molecular flexibility index (Phi) is 4.94. The number of benzene rings is 1. The average molecular weight is 444 g/mol. The highest BCUT2D eigenvalue weighted by molar-refractivity contribution is 5.90. The minimum atomic E-state index is -0.466. The van der Waals surface area contributed by atoms with Crippen molar-refractivity contribution in [2.75, 3.05) is 5.73 Å². The average Bonchev–Trinajstić information content (AvgIpc) is 3.37. The minimum Gasteiger partial charge on any atom is -0.390 e. The number of hydrogen-bond acceptors (Lipinski definition) is 9. The van der Waals surface area contributed by atoms with Gasteiger partial charge in [0.2, 0.25) is 5.95 Å². The third-order valence-corrected chi connectivity index (χ3v) is 5.31. The summed E-state index contributed by atoms with van der Waals surface area (Å²) in [5, 5.41) is 21.9. The molecule has 4 heterocycles. The van der Waals surface area contributed by atoms with Crippen LogP contribution in [0.15, 0.2) is 51.9 Å². The van der Waals surface area contributed by atoms with E-state index in [0.29, 0.717) is 45.2 Å². The topological polar surface area (TPSA) is 150 Å². The number of aliphatic hydroxyl groups excluding tert-OH is 1. The summed E-state index contributed by atoms with van der Waals surface area (Å²) in [6, 6.07) is 13.1. The molecular weight excluding hydrogens is 424 g/mol. The van der Waals surface area contributed by atoms with Gasteiger partial charge in [-0.25, -0.2) is 23.5 Å². The molecule has 0 radical (unpaired) electrons. The molecule has 0 atom stereocenters. The van der Waals surface area contributed by atoms with E-state index >= 15 is 0 Å². The molecule has 166 valence electrons. The molecule has 4 aromatic heterocycles. The summed E-state index contributed by atoms with van der Waals surface area (Å²) in [5.74, 6) is 0.00649. The number of anilines is 1. The maximum absolute atomic E-state index is 13.2. The molecule has 0 saturated heterocycles. The Balaban J connectivity index is 1.84. The molecule has 0 bridgehead atoms. The zero-order valence-corrected chi connectivity index (χ0v) is 17.9. The van der Waals surface area contributed by atoms with Gasteiger partial charge >= 0.3 is 5.69 Å². The van der Waals surface area contributed by atoms with Crippen LogP contribution in [0.5, 0.6) is 0 Å². The normalized spacial score (nSPS) is 11.4. The summed E-state index contributed by atoms with van der Waals surface area (Å²) in [6.45, 7) is 3.40.